The lowest BCUT2D eigenvalue weighted by Gasteiger charge is -2.22. The molecule has 0 aliphatic carbocycles. The van der Waals surface area contributed by atoms with Crippen LogP contribution in [0, 0.1) is 11.2 Å². The summed E-state index contributed by atoms with van der Waals surface area (Å²) >= 11 is 0. The average Bonchev–Trinajstić information content (AvgIpc) is 3.16. The van der Waals surface area contributed by atoms with Gasteiger partial charge in [-0.05, 0) is 37.6 Å². The van der Waals surface area contributed by atoms with E-state index in [9.17, 15) is 4.39 Å². The fraction of sp³-hybridized carbons (Fsp3) is 0.261. The molecular formula is C23H24FN5O2. The van der Waals surface area contributed by atoms with Gasteiger partial charge in [-0.1, -0.05) is 12.1 Å². The Labute approximate surface area is 179 Å². The fourth-order valence-electron chi connectivity index (χ4n) is 3.82. The molecule has 8 heteroatoms. The number of hydrogen-bond donors (Lipinski definition) is 3. The summed E-state index contributed by atoms with van der Waals surface area (Å²) in [4.78, 5) is 4.30. The van der Waals surface area contributed by atoms with Crippen LogP contribution < -0.4 is 15.8 Å². The Morgan fingerprint density at radius 3 is 2.90 bits per heavy atom. The molecule has 1 aromatic carbocycles. The predicted octanol–water partition coefficient (Wildman–Crippen LogP) is 4.19. The first-order chi connectivity index (χ1) is 14.9. The van der Waals surface area contributed by atoms with Gasteiger partial charge in [0.1, 0.15) is 17.7 Å². The quantitative estimate of drug-likeness (QED) is 0.572. The van der Waals surface area contributed by atoms with Crippen molar-refractivity contribution in [1.82, 2.24) is 15.5 Å². The summed E-state index contributed by atoms with van der Waals surface area (Å²) in [5.74, 6) is 0.816. The second-order valence-electron chi connectivity index (χ2n) is 7.39. The van der Waals surface area contributed by atoms with E-state index in [1.165, 1.54) is 12.1 Å². The Bertz CT molecular complexity index is 1180. The van der Waals surface area contributed by atoms with E-state index in [1.807, 2.05) is 6.92 Å². The maximum Gasteiger partial charge on any atom is 0.166 e. The molecule has 0 saturated heterocycles. The largest absolute Gasteiger partial charge is 0.482 e. The number of ether oxygens (including phenoxy) is 1. The van der Waals surface area contributed by atoms with Gasteiger partial charge in [-0.3, -0.25) is 5.41 Å². The maximum absolute atomic E-state index is 14.1. The summed E-state index contributed by atoms with van der Waals surface area (Å²) in [5.41, 5.74) is 10.5. The first-order valence-corrected chi connectivity index (χ1v) is 10.1. The molecule has 4 rings (SSSR count). The van der Waals surface area contributed by atoms with Crippen LogP contribution in [0.5, 0.6) is 5.75 Å². The highest BCUT2D eigenvalue weighted by Crippen LogP contribution is 2.37. The van der Waals surface area contributed by atoms with E-state index in [2.05, 4.69) is 15.5 Å². The van der Waals surface area contributed by atoms with E-state index in [-0.39, 0.29) is 11.5 Å². The minimum atomic E-state index is -0.562. The van der Waals surface area contributed by atoms with Gasteiger partial charge < -0.3 is 20.3 Å². The number of fused-ring (bicyclic) bond motifs is 5. The lowest BCUT2D eigenvalue weighted by atomic mass is 9.91. The van der Waals surface area contributed by atoms with Crippen LogP contribution in [0.1, 0.15) is 42.5 Å². The molecule has 0 saturated carbocycles. The minimum absolute atomic E-state index is 0.229. The summed E-state index contributed by atoms with van der Waals surface area (Å²) in [6, 6.07) is 6.13. The number of anilines is 1. The molecule has 3 heterocycles. The molecule has 0 spiro atoms. The number of nitrogens with one attached hydrogen (secondary N) is 2. The highest BCUT2D eigenvalue weighted by atomic mass is 19.1. The van der Waals surface area contributed by atoms with Crippen molar-refractivity contribution in [3.63, 3.8) is 0 Å². The van der Waals surface area contributed by atoms with Crippen LogP contribution in [-0.2, 0) is 12.8 Å². The number of nitrogens with two attached hydrogens (primary N) is 1. The molecule has 1 atom stereocenters. The lowest BCUT2D eigenvalue weighted by Crippen LogP contribution is -2.16. The molecular weight excluding hydrogens is 397 g/mol. The topological polar surface area (TPSA) is 110 Å². The van der Waals surface area contributed by atoms with E-state index in [4.69, 9.17) is 20.4 Å². The summed E-state index contributed by atoms with van der Waals surface area (Å²) in [6.07, 6.45) is 3.84. The first-order valence-electron chi connectivity index (χ1n) is 10.1. The second-order valence-corrected chi connectivity index (χ2v) is 7.39. The third-order valence-corrected chi connectivity index (χ3v) is 5.35. The number of nitrogen functional groups attached to an aromatic ring is 1. The molecule has 4 N–H and O–H groups in total. The van der Waals surface area contributed by atoms with Crippen molar-refractivity contribution >= 4 is 11.5 Å². The van der Waals surface area contributed by atoms with Crippen LogP contribution in [0.15, 0.2) is 46.8 Å². The number of pyridine rings is 1. The second kappa shape index (κ2) is 8.22. The van der Waals surface area contributed by atoms with Crippen LogP contribution in [0.2, 0.25) is 0 Å². The maximum atomic E-state index is 14.1. The Hall–Kier alpha value is -3.68. The van der Waals surface area contributed by atoms with E-state index in [0.29, 0.717) is 41.1 Å². The smallest absolute Gasteiger partial charge is 0.166 e. The van der Waals surface area contributed by atoms with Crippen molar-refractivity contribution in [2.45, 2.75) is 32.8 Å². The van der Waals surface area contributed by atoms with Crippen LogP contribution in [0.25, 0.3) is 11.1 Å². The Morgan fingerprint density at radius 1 is 1.35 bits per heavy atom. The van der Waals surface area contributed by atoms with Gasteiger partial charge in [-0.2, -0.15) is 0 Å². The molecule has 2 aromatic heterocycles. The standard InChI is InChI=1S/C23H24FN5O2/c1-4-18-21-13-7-20(23(26)28-11-13)30-12(2)17-9-15(24)5-6-16(17)22(25)14(10-27-3)8-19(21)31-29-18/h5-7,9-12,25,27H,4,8H2,1-3H3,(H2,26,28)/b14-10-,25-22?/t12-/m1/s1. The third-order valence-electron chi connectivity index (χ3n) is 5.35. The zero-order chi connectivity index (χ0) is 22.1. The highest BCUT2D eigenvalue weighted by molar-refractivity contribution is 6.11. The van der Waals surface area contributed by atoms with Gasteiger partial charge in [-0.15, -0.1) is 0 Å². The number of halogens is 1. The molecule has 31 heavy (non-hydrogen) atoms. The number of allylic oxidation sites excluding steroid dienone is 1. The molecule has 1 aliphatic heterocycles. The van der Waals surface area contributed by atoms with Crippen molar-refractivity contribution in [1.29, 1.82) is 5.41 Å². The van der Waals surface area contributed by atoms with Crippen molar-refractivity contribution < 1.29 is 13.7 Å². The van der Waals surface area contributed by atoms with Gasteiger partial charge in [0.25, 0.3) is 0 Å². The van der Waals surface area contributed by atoms with Crippen molar-refractivity contribution in [3.05, 3.63) is 70.6 Å². The zero-order valence-electron chi connectivity index (χ0n) is 17.6. The number of benzene rings is 1. The fourth-order valence-corrected chi connectivity index (χ4v) is 3.82. The van der Waals surface area contributed by atoms with E-state index < -0.39 is 11.9 Å². The molecule has 0 unspecified atom stereocenters. The summed E-state index contributed by atoms with van der Waals surface area (Å²) in [5, 5.41) is 16.1. The molecule has 2 bridgehead atoms. The monoisotopic (exact) mass is 421 g/mol. The summed E-state index contributed by atoms with van der Waals surface area (Å²) in [6.45, 7) is 3.79. The molecule has 160 valence electrons. The highest BCUT2D eigenvalue weighted by Gasteiger charge is 2.25. The van der Waals surface area contributed by atoms with Crippen molar-refractivity contribution in [2.24, 2.45) is 0 Å². The molecule has 0 amide bonds. The zero-order valence-corrected chi connectivity index (χ0v) is 17.6. The normalized spacial score (nSPS) is 17.2. The number of nitrogens with zero attached hydrogens (tertiary/aromatic N) is 2. The van der Waals surface area contributed by atoms with E-state index in [0.717, 1.165) is 16.8 Å². The van der Waals surface area contributed by atoms with Crippen molar-refractivity contribution in [3.8, 4) is 16.9 Å². The van der Waals surface area contributed by atoms with Gasteiger partial charge in [0.05, 0.1) is 11.4 Å². The molecule has 3 aromatic rings. The van der Waals surface area contributed by atoms with Crippen LogP contribution in [0.3, 0.4) is 0 Å². The van der Waals surface area contributed by atoms with Gasteiger partial charge >= 0.3 is 0 Å². The lowest BCUT2D eigenvalue weighted by molar-refractivity contribution is 0.227. The Morgan fingerprint density at radius 2 is 2.16 bits per heavy atom. The number of aromatic nitrogens is 2. The summed E-state index contributed by atoms with van der Waals surface area (Å²) in [7, 11) is 1.77. The number of rotatable bonds is 2. The molecule has 0 fully saturated rings. The molecule has 0 radical (unpaired) electrons. The molecule has 1 aliphatic rings. The molecule has 7 nitrogen and oxygen atoms in total. The number of aryl methyl sites for hydroxylation is 1. The van der Waals surface area contributed by atoms with Gasteiger partial charge in [-0.25, -0.2) is 9.37 Å². The van der Waals surface area contributed by atoms with Gasteiger partial charge in [0.2, 0.25) is 0 Å². The Balaban J connectivity index is 1.99. The van der Waals surface area contributed by atoms with E-state index in [1.54, 1.807) is 38.5 Å². The number of hydrogen-bond acceptors (Lipinski definition) is 7. The summed E-state index contributed by atoms with van der Waals surface area (Å²) < 4.78 is 25.9. The minimum Gasteiger partial charge on any atom is -0.482 e. The average molecular weight is 421 g/mol. The van der Waals surface area contributed by atoms with Crippen LogP contribution >= 0.6 is 0 Å². The van der Waals surface area contributed by atoms with Gasteiger partial charge in [0.15, 0.2) is 11.6 Å². The van der Waals surface area contributed by atoms with Crippen molar-refractivity contribution in [2.75, 3.05) is 12.8 Å². The first kappa shape index (κ1) is 20.6. The van der Waals surface area contributed by atoms with Crippen LogP contribution in [-0.4, -0.2) is 22.9 Å². The SMILES string of the molecule is CCc1noc2c1-c1cnc(N)c(c1)O[C@H](C)c1cc(F)ccc1C(=N)/C(=C\NC)C2. The predicted molar refractivity (Wildman–Crippen MR) is 117 cm³/mol. The van der Waals surface area contributed by atoms with Gasteiger partial charge in [0, 0.05) is 53.7 Å². The van der Waals surface area contributed by atoms with Crippen LogP contribution in [0.4, 0.5) is 10.2 Å². The van der Waals surface area contributed by atoms with E-state index >= 15 is 0 Å². The Kier molecular flexibility index (Phi) is 5.46. The third kappa shape index (κ3) is 3.76.